The Morgan fingerprint density at radius 3 is 2.49 bits per heavy atom. The van der Waals surface area contributed by atoms with Gasteiger partial charge < -0.3 is 24.2 Å². The van der Waals surface area contributed by atoms with E-state index in [0.717, 1.165) is 18.7 Å². The summed E-state index contributed by atoms with van der Waals surface area (Å²) < 4.78 is 17.0. The van der Waals surface area contributed by atoms with Crippen molar-refractivity contribution in [2.24, 2.45) is 0 Å². The summed E-state index contributed by atoms with van der Waals surface area (Å²) in [7, 11) is 0. The zero-order valence-corrected chi connectivity index (χ0v) is 21.4. The number of morpholine rings is 1. The number of likely N-dealkylation sites (tertiary alicyclic amines) is 1. The van der Waals surface area contributed by atoms with E-state index >= 15 is 0 Å². The maximum Gasteiger partial charge on any atom is 0.295 e. The second-order valence-corrected chi connectivity index (χ2v) is 9.05. The van der Waals surface area contributed by atoms with Crippen molar-refractivity contribution in [3.8, 4) is 11.5 Å². The van der Waals surface area contributed by atoms with Crippen LogP contribution >= 0.6 is 0 Å². The number of aliphatic hydroxyl groups excluding tert-OH is 1. The van der Waals surface area contributed by atoms with Gasteiger partial charge in [-0.1, -0.05) is 48.6 Å². The summed E-state index contributed by atoms with van der Waals surface area (Å²) in [4.78, 5) is 30.4. The summed E-state index contributed by atoms with van der Waals surface area (Å²) in [5.41, 5.74) is 2.23. The largest absolute Gasteiger partial charge is 0.507 e. The van der Waals surface area contributed by atoms with E-state index in [0.29, 0.717) is 62.1 Å². The fraction of sp³-hybridized carbons (Fsp3) is 0.379. The molecule has 2 aliphatic rings. The van der Waals surface area contributed by atoms with Crippen LogP contribution in [0.3, 0.4) is 0 Å². The fourth-order valence-electron chi connectivity index (χ4n) is 4.63. The minimum absolute atomic E-state index is 0.0676. The van der Waals surface area contributed by atoms with E-state index in [9.17, 15) is 14.7 Å². The molecule has 1 unspecified atom stereocenters. The minimum Gasteiger partial charge on any atom is -0.507 e. The first-order chi connectivity index (χ1) is 17.9. The lowest BCUT2D eigenvalue weighted by atomic mass is 9.94. The molecule has 2 aromatic carbocycles. The van der Waals surface area contributed by atoms with Crippen LogP contribution in [0.25, 0.3) is 5.76 Å². The van der Waals surface area contributed by atoms with E-state index in [1.807, 2.05) is 32.0 Å². The van der Waals surface area contributed by atoms with Gasteiger partial charge in [0, 0.05) is 31.7 Å². The van der Waals surface area contributed by atoms with E-state index in [1.54, 1.807) is 35.2 Å². The van der Waals surface area contributed by atoms with Gasteiger partial charge in [-0.05, 0) is 31.5 Å². The number of carbonyl (C=O) groups is 2. The van der Waals surface area contributed by atoms with Gasteiger partial charge in [0.1, 0.15) is 12.4 Å². The summed E-state index contributed by atoms with van der Waals surface area (Å²) >= 11 is 0. The molecule has 2 saturated heterocycles. The predicted octanol–water partition coefficient (Wildman–Crippen LogP) is 3.71. The Labute approximate surface area is 217 Å². The molecule has 2 aromatic rings. The number of nitrogens with zero attached hydrogens (tertiary/aromatic N) is 2. The third kappa shape index (κ3) is 5.87. The molecular formula is C29H34N2O6. The highest BCUT2D eigenvalue weighted by atomic mass is 16.5. The van der Waals surface area contributed by atoms with Crippen LogP contribution in [0.15, 0.2) is 60.7 Å². The monoisotopic (exact) mass is 506 g/mol. The standard InChI is InChI=1S/C29H34N2O6/c1-4-16-37-23-11-10-22(19-24(23)36-5-2)26-25(27(32)21-8-6-20(3)7-9-21)28(33)29(34)31(26)13-12-30-14-17-35-18-15-30/h4,6-11,19,26,32H,1,5,12-18H2,2-3H3. The molecule has 37 heavy (non-hydrogen) atoms. The Morgan fingerprint density at radius 2 is 1.81 bits per heavy atom. The lowest BCUT2D eigenvalue weighted by Gasteiger charge is -2.31. The zero-order valence-electron chi connectivity index (χ0n) is 21.4. The number of amides is 1. The number of hydrogen-bond acceptors (Lipinski definition) is 7. The molecule has 1 atom stereocenters. The molecule has 0 bridgehead atoms. The average molecular weight is 507 g/mol. The van der Waals surface area contributed by atoms with Gasteiger partial charge in [-0.25, -0.2) is 0 Å². The fourth-order valence-corrected chi connectivity index (χ4v) is 4.63. The van der Waals surface area contributed by atoms with Crippen LogP contribution in [0, 0.1) is 6.92 Å². The number of ketones is 1. The first-order valence-electron chi connectivity index (χ1n) is 12.6. The lowest BCUT2D eigenvalue weighted by Crippen LogP contribution is -2.42. The van der Waals surface area contributed by atoms with Gasteiger partial charge in [0.05, 0.1) is 31.4 Å². The molecule has 0 aromatic heterocycles. The zero-order chi connectivity index (χ0) is 26.4. The van der Waals surface area contributed by atoms with Crippen molar-refractivity contribution < 1.29 is 28.9 Å². The Kier molecular flexibility index (Phi) is 8.63. The molecule has 4 rings (SSSR count). The van der Waals surface area contributed by atoms with Gasteiger partial charge in [-0.3, -0.25) is 14.5 Å². The predicted molar refractivity (Wildman–Crippen MR) is 141 cm³/mol. The molecule has 1 amide bonds. The van der Waals surface area contributed by atoms with Crippen molar-refractivity contribution in [2.75, 3.05) is 52.6 Å². The normalized spacial score (nSPS) is 19.7. The number of Topliss-reactive ketones (excluding diaryl/α,β-unsaturated/α-hetero) is 1. The second kappa shape index (κ2) is 12.1. The Hall–Kier alpha value is -3.62. The minimum atomic E-state index is -0.769. The molecule has 0 radical (unpaired) electrons. The molecular weight excluding hydrogens is 472 g/mol. The average Bonchev–Trinajstić information content (AvgIpc) is 3.17. The lowest BCUT2D eigenvalue weighted by molar-refractivity contribution is -0.140. The second-order valence-electron chi connectivity index (χ2n) is 9.05. The van der Waals surface area contributed by atoms with Gasteiger partial charge in [-0.15, -0.1) is 0 Å². The van der Waals surface area contributed by atoms with E-state index in [-0.39, 0.29) is 11.3 Å². The summed E-state index contributed by atoms with van der Waals surface area (Å²) in [6.45, 7) is 12.0. The molecule has 2 heterocycles. The molecule has 0 spiro atoms. The Morgan fingerprint density at radius 1 is 1.08 bits per heavy atom. The highest BCUT2D eigenvalue weighted by Gasteiger charge is 2.46. The van der Waals surface area contributed by atoms with Crippen molar-refractivity contribution >= 4 is 17.4 Å². The summed E-state index contributed by atoms with van der Waals surface area (Å²) in [5.74, 6) is -0.487. The quantitative estimate of drug-likeness (QED) is 0.227. The third-order valence-electron chi connectivity index (χ3n) is 6.57. The molecule has 0 aliphatic carbocycles. The van der Waals surface area contributed by atoms with Crippen molar-refractivity contribution in [3.63, 3.8) is 0 Å². The van der Waals surface area contributed by atoms with E-state index in [4.69, 9.17) is 14.2 Å². The van der Waals surface area contributed by atoms with E-state index in [1.165, 1.54) is 0 Å². The summed E-state index contributed by atoms with van der Waals surface area (Å²) in [6, 6.07) is 11.8. The molecule has 1 N–H and O–H groups in total. The van der Waals surface area contributed by atoms with Gasteiger partial charge >= 0.3 is 0 Å². The maximum absolute atomic E-state index is 13.3. The molecule has 2 aliphatic heterocycles. The third-order valence-corrected chi connectivity index (χ3v) is 6.57. The number of aryl methyl sites for hydroxylation is 1. The van der Waals surface area contributed by atoms with Gasteiger partial charge in [-0.2, -0.15) is 0 Å². The SMILES string of the molecule is C=CCOc1ccc(C2C(=C(O)c3ccc(C)cc3)C(=O)C(=O)N2CCN2CCOCC2)cc1OCC. The number of aliphatic hydroxyl groups is 1. The topological polar surface area (TPSA) is 88.5 Å². The van der Waals surface area contributed by atoms with Crippen molar-refractivity contribution in [1.29, 1.82) is 0 Å². The highest BCUT2D eigenvalue weighted by Crippen LogP contribution is 2.42. The van der Waals surface area contributed by atoms with Crippen LogP contribution in [0.2, 0.25) is 0 Å². The van der Waals surface area contributed by atoms with Gasteiger partial charge in [0.2, 0.25) is 0 Å². The molecule has 2 fully saturated rings. The number of ether oxygens (including phenoxy) is 3. The van der Waals surface area contributed by atoms with Crippen LogP contribution in [0.4, 0.5) is 0 Å². The molecule has 0 saturated carbocycles. The maximum atomic E-state index is 13.3. The van der Waals surface area contributed by atoms with Crippen LogP contribution in [-0.2, 0) is 14.3 Å². The van der Waals surface area contributed by atoms with Gasteiger partial charge in [0.15, 0.2) is 11.5 Å². The number of rotatable bonds is 10. The Bertz CT molecular complexity index is 1170. The number of hydrogen-bond donors (Lipinski definition) is 1. The van der Waals surface area contributed by atoms with Crippen LogP contribution < -0.4 is 9.47 Å². The summed E-state index contributed by atoms with van der Waals surface area (Å²) in [5, 5.41) is 11.3. The van der Waals surface area contributed by atoms with Crippen molar-refractivity contribution in [3.05, 3.63) is 77.4 Å². The molecule has 196 valence electrons. The highest BCUT2D eigenvalue weighted by molar-refractivity contribution is 6.46. The Balaban J connectivity index is 1.77. The molecule has 8 nitrogen and oxygen atoms in total. The van der Waals surface area contributed by atoms with Crippen molar-refractivity contribution in [1.82, 2.24) is 9.80 Å². The first-order valence-corrected chi connectivity index (χ1v) is 12.6. The van der Waals surface area contributed by atoms with Crippen LogP contribution in [-0.4, -0.2) is 79.2 Å². The number of benzene rings is 2. The molecule has 8 heteroatoms. The summed E-state index contributed by atoms with van der Waals surface area (Å²) in [6.07, 6.45) is 1.64. The van der Waals surface area contributed by atoms with Crippen LogP contribution in [0.1, 0.15) is 29.7 Å². The van der Waals surface area contributed by atoms with E-state index in [2.05, 4.69) is 11.5 Å². The smallest absolute Gasteiger partial charge is 0.295 e. The first kappa shape index (κ1) is 26.4. The van der Waals surface area contributed by atoms with Crippen molar-refractivity contribution in [2.45, 2.75) is 19.9 Å². The van der Waals surface area contributed by atoms with Gasteiger partial charge in [0.25, 0.3) is 11.7 Å². The van der Waals surface area contributed by atoms with Crippen LogP contribution in [0.5, 0.6) is 11.5 Å². The van der Waals surface area contributed by atoms with E-state index < -0.39 is 17.7 Å². The number of carbonyl (C=O) groups excluding carboxylic acids is 2.